The third-order valence-electron chi connectivity index (χ3n) is 3.07. The minimum Gasteiger partial charge on any atom is -0.493 e. The number of thioether (sulfide) groups is 1. The lowest BCUT2D eigenvalue weighted by Crippen LogP contribution is -1.97. The second-order valence-corrected chi connectivity index (χ2v) is 5.39. The number of nitrogens with zero attached hydrogens (tertiary/aromatic N) is 2. The van der Waals surface area contributed by atoms with Gasteiger partial charge in [-0.3, -0.25) is 4.79 Å². The predicted molar refractivity (Wildman–Crippen MR) is 85.4 cm³/mol. The standard InChI is InChI=1S/C15H18N2O5S/c1-5-10(18)8-23-15-17-16-14(22-15)9-6-11(19-2)13(21-4)12(7-9)20-3/h6-7H,5,8H2,1-4H3. The van der Waals surface area contributed by atoms with Gasteiger partial charge in [0, 0.05) is 12.0 Å². The lowest BCUT2D eigenvalue weighted by atomic mass is 10.2. The normalized spacial score (nSPS) is 10.4. The average Bonchev–Trinajstić information content (AvgIpc) is 3.07. The van der Waals surface area contributed by atoms with E-state index in [1.165, 1.54) is 33.1 Å². The molecule has 1 heterocycles. The van der Waals surface area contributed by atoms with E-state index < -0.39 is 0 Å². The molecule has 0 spiro atoms. The molecule has 0 fully saturated rings. The molecule has 7 nitrogen and oxygen atoms in total. The summed E-state index contributed by atoms with van der Waals surface area (Å²) in [5, 5.41) is 8.27. The third-order valence-corrected chi connectivity index (χ3v) is 3.95. The summed E-state index contributed by atoms with van der Waals surface area (Å²) >= 11 is 1.22. The highest BCUT2D eigenvalue weighted by molar-refractivity contribution is 7.99. The van der Waals surface area contributed by atoms with Crippen molar-refractivity contribution < 1.29 is 23.4 Å². The maximum Gasteiger partial charge on any atom is 0.277 e. The van der Waals surface area contributed by atoms with Crippen LogP contribution in [0.4, 0.5) is 0 Å². The first-order valence-corrected chi connectivity index (χ1v) is 7.89. The number of ether oxygens (including phenoxy) is 3. The molecule has 8 heteroatoms. The molecule has 0 aliphatic heterocycles. The Hall–Kier alpha value is -2.22. The smallest absolute Gasteiger partial charge is 0.277 e. The zero-order valence-corrected chi connectivity index (χ0v) is 14.2. The molecule has 23 heavy (non-hydrogen) atoms. The molecule has 2 aromatic rings. The lowest BCUT2D eigenvalue weighted by Gasteiger charge is -2.12. The monoisotopic (exact) mass is 338 g/mol. The number of benzene rings is 1. The SMILES string of the molecule is CCC(=O)CSc1nnc(-c2cc(OC)c(OC)c(OC)c2)o1. The van der Waals surface area contributed by atoms with Crippen LogP contribution in [0.5, 0.6) is 17.2 Å². The molecule has 0 N–H and O–H groups in total. The molecule has 0 amide bonds. The van der Waals surface area contributed by atoms with Gasteiger partial charge in [0.1, 0.15) is 5.78 Å². The molecular formula is C15H18N2O5S. The Labute approximate surface area is 138 Å². The van der Waals surface area contributed by atoms with Gasteiger partial charge in [-0.25, -0.2) is 0 Å². The summed E-state index contributed by atoms with van der Waals surface area (Å²) in [5.74, 6) is 2.23. The first-order valence-electron chi connectivity index (χ1n) is 6.91. The molecule has 1 aromatic carbocycles. The number of Topliss-reactive ketones (excluding diaryl/α,β-unsaturated/α-hetero) is 1. The molecule has 0 atom stereocenters. The Balaban J connectivity index is 2.28. The molecule has 124 valence electrons. The topological polar surface area (TPSA) is 83.7 Å². The Morgan fingerprint density at radius 2 is 1.78 bits per heavy atom. The van der Waals surface area contributed by atoms with Gasteiger partial charge in [0.2, 0.25) is 11.6 Å². The van der Waals surface area contributed by atoms with Gasteiger partial charge in [-0.1, -0.05) is 18.7 Å². The van der Waals surface area contributed by atoms with Crippen molar-refractivity contribution in [3.63, 3.8) is 0 Å². The van der Waals surface area contributed by atoms with E-state index in [2.05, 4.69) is 10.2 Å². The molecule has 0 radical (unpaired) electrons. The Bertz CT molecular complexity index is 661. The molecule has 0 saturated carbocycles. The molecule has 0 bridgehead atoms. The molecule has 2 rings (SSSR count). The van der Waals surface area contributed by atoms with E-state index in [0.29, 0.717) is 46.1 Å². The fraction of sp³-hybridized carbons (Fsp3) is 0.400. The first kappa shape index (κ1) is 17.1. The van der Waals surface area contributed by atoms with Gasteiger partial charge in [0.15, 0.2) is 11.5 Å². The number of rotatable bonds is 8. The van der Waals surface area contributed by atoms with E-state index >= 15 is 0 Å². The number of methoxy groups -OCH3 is 3. The van der Waals surface area contributed by atoms with Crippen molar-refractivity contribution in [1.82, 2.24) is 10.2 Å². The number of ketones is 1. The van der Waals surface area contributed by atoms with Gasteiger partial charge in [-0.05, 0) is 12.1 Å². The van der Waals surface area contributed by atoms with Gasteiger partial charge in [-0.2, -0.15) is 0 Å². The predicted octanol–water partition coefficient (Wildman–Crippen LogP) is 2.83. The molecule has 1 aromatic heterocycles. The summed E-state index contributed by atoms with van der Waals surface area (Å²) in [7, 11) is 4.60. The molecule has 0 saturated heterocycles. The van der Waals surface area contributed by atoms with Crippen LogP contribution >= 0.6 is 11.8 Å². The highest BCUT2D eigenvalue weighted by atomic mass is 32.2. The van der Waals surface area contributed by atoms with Crippen LogP contribution in [0.3, 0.4) is 0 Å². The summed E-state index contributed by atoms with van der Waals surface area (Å²) in [6.45, 7) is 1.82. The van der Waals surface area contributed by atoms with Crippen LogP contribution in [-0.4, -0.2) is 43.1 Å². The number of hydrogen-bond donors (Lipinski definition) is 0. The van der Waals surface area contributed by atoms with Crippen LogP contribution in [-0.2, 0) is 4.79 Å². The van der Waals surface area contributed by atoms with Crippen molar-refractivity contribution in [2.24, 2.45) is 0 Å². The van der Waals surface area contributed by atoms with Crippen molar-refractivity contribution in [2.45, 2.75) is 18.6 Å². The fourth-order valence-electron chi connectivity index (χ4n) is 1.83. The van der Waals surface area contributed by atoms with Crippen molar-refractivity contribution in [3.8, 4) is 28.7 Å². The second kappa shape index (κ2) is 7.87. The van der Waals surface area contributed by atoms with E-state index in [4.69, 9.17) is 18.6 Å². The summed E-state index contributed by atoms with van der Waals surface area (Å²) < 4.78 is 21.4. The maximum atomic E-state index is 11.3. The van der Waals surface area contributed by atoms with Crippen molar-refractivity contribution in [3.05, 3.63) is 12.1 Å². The van der Waals surface area contributed by atoms with Gasteiger partial charge in [-0.15, -0.1) is 10.2 Å². The molecular weight excluding hydrogens is 320 g/mol. The summed E-state index contributed by atoms with van der Waals surface area (Å²) in [6.07, 6.45) is 0.487. The number of carbonyl (C=O) groups excluding carboxylic acids is 1. The largest absolute Gasteiger partial charge is 0.493 e. The van der Waals surface area contributed by atoms with Crippen LogP contribution in [0, 0.1) is 0 Å². The zero-order chi connectivity index (χ0) is 16.8. The van der Waals surface area contributed by atoms with Gasteiger partial charge in [0.05, 0.1) is 27.1 Å². The average molecular weight is 338 g/mol. The van der Waals surface area contributed by atoms with Crippen LogP contribution in [0.15, 0.2) is 21.8 Å². The quantitative estimate of drug-likeness (QED) is 0.679. The fourth-order valence-corrected chi connectivity index (χ4v) is 2.56. The van der Waals surface area contributed by atoms with E-state index in [1.807, 2.05) is 6.92 Å². The summed E-state index contributed by atoms with van der Waals surface area (Å²) in [4.78, 5) is 11.3. The number of hydrogen-bond acceptors (Lipinski definition) is 8. The van der Waals surface area contributed by atoms with E-state index in [9.17, 15) is 4.79 Å². The number of carbonyl (C=O) groups is 1. The van der Waals surface area contributed by atoms with Gasteiger partial charge >= 0.3 is 0 Å². The van der Waals surface area contributed by atoms with Crippen molar-refractivity contribution in [1.29, 1.82) is 0 Å². The van der Waals surface area contributed by atoms with Crippen LogP contribution in [0.25, 0.3) is 11.5 Å². The Kier molecular flexibility index (Phi) is 5.86. The Morgan fingerprint density at radius 1 is 1.13 bits per heavy atom. The zero-order valence-electron chi connectivity index (χ0n) is 13.4. The summed E-state index contributed by atoms with van der Waals surface area (Å²) in [5.41, 5.74) is 0.640. The first-order chi connectivity index (χ1) is 11.1. The number of aromatic nitrogens is 2. The minimum absolute atomic E-state index is 0.127. The van der Waals surface area contributed by atoms with Crippen molar-refractivity contribution in [2.75, 3.05) is 27.1 Å². The highest BCUT2D eigenvalue weighted by Gasteiger charge is 2.17. The van der Waals surface area contributed by atoms with Gasteiger partial charge in [0.25, 0.3) is 5.22 Å². The lowest BCUT2D eigenvalue weighted by molar-refractivity contribution is -0.116. The van der Waals surface area contributed by atoms with Gasteiger partial charge < -0.3 is 18.6 Å². The Morgan fingerprint density at radius 3 is 2.30 bits per heavy atom. The van der Waals surface area contributed by atoms with Crippen LogP contribution in [0.2, 0.25) is 0 Å². The third kappa shape index (κ3) is 3.95. The van der Waals surface area contributed by atoms with E-state index in [1.54, 1.807) is 12.1 Å². The van der Waals surface area contributed by atoms with Crippen LogP contribution < -0.4 is 14.2 Å². The maximum absolute atomic E-state index is 11.3. The van der Waals surface area contributed by atoms with E-state index in [-0.39, 0.29) is 5.78 Å². The van der Waals surface area contributed by atoms with Crippen LogP contribution in [0.1, 0.15) is 13.3 Å². The molecule has 0 unspecified atom stereocenters. The van der Waals surface area contributed by atoms with E-state index in [0.717, 1.165) is 0 Å². The highest BCUT2D eigenvalue weighted by Crippen LogP contribution is 2.41. The molecule has 0 aliphatic carbocycles. The summed E-state index contributed by atoms with van der Waals surface area (Å²) in [6, 6.07) is 3.45. The molecule has 0 aliphatic rings. The minimum atomic E-state index is 0.127. The second-order valence-electron chi connectivity index (χ2n) is 4.47. The van der Waals surface area contributed by atoms with Crippen molar-refractivity contribution >= 4 is 17.5 Å².